The molecule has 0 atom stereocenters. The van der Waals surface area contributed by atoms with E-state index in [4.69, 9.17) is 16.3 Å². The molecule has 0 aliphatic rings. The quantitative estimate of drug-likeness (QED) is 0.667. The zero-order valence-electron chi connectivity index (χ0n) is 12.2. The number of rotatable bonds is 6. The third-order valence-electron chi connectivity index (χ3n) is 3.06. The van der Waals surface area contributed by atoms with Crippen LogP contribution in [0, 0.1) is 0 Å². The molecule has 0 aromatic heterocycles. The number of benzene rings is 2. The van der Waals surface area contributed by atoms with E-state index in [1.54, 1.807) is 18.2 Å². The normalized spacial score (nSPS) is 10.3. The van der Waals surface area contributed by atoms with Gasteiger partial charge in [-0.2, -0.15) is 0 Å². The molecule has 0 heterocycles. The van der Waals surface area contributed by atoms with Crippen molar-refractivity contribution in [1.82, 2.24) is 0 Å². The molecule has 0 saturated heterocycles. The summed E-state index contributed by atoms with van der Waals surface area (Å²) in [5.41, 5.74) is 1.13. The SMILES string of the molecule is CCCCOc1ccc(Cl)cc1C(=O)Nc1ccccc1Br. The fourth-order valence-corrected chi connectivity index (χ4v) is 2.44. The van der Waals surface area contributed by atoms with Crippen molar-refractivity contribution in [2.45, 2.75) is 19.8 Å². The number of carbonyl (C=O) groups is 1. The second-order valence-corrected chi connectivity index (χ2v) is 6.07. The molecule has 0 aliphatic heterocycles. The fraction of sp³-hybridized carbons (Fsp3) is 0.235. The Hall–Kier alpha value is -1.52. The zero-order chi connectivity index (χ0) is 15.9. The molecule has 22 heavy (non-hydrogen) atoms. The number of para-hydroxylation sites is 1. The average molecular weight is 383 g/mol. The van der Waals surface area contributed by atoms with Crippen LogP contribution in [0.25, 0.3) is 0 Å². The van der Waals surface area contributed by atoms with Crippen LogP contribution in [0.5, 0.6) is 5.75 Å². The van der Waals surface area contributed by atoms with Gasteiger partial charge in [0.05, 0.1) is 17.9 Å². The number of carbonyl (C=O) groups excluding carboxylic acids is 1. The van der Waals surface area contributed by atoms with Crippen LogP contribution in [0.3, 0.4) is 0 Å². The lowest BCUT2D eigenvalue weighted by Crippen LogP contribution is -2.14. The third kappa shape index (κ3) is 4.49. The Morgan fingerprint density at radius 1 is 1.27 bits per heavy atom. The van der Waals surface area contributed by atoms with Crippen LogP contribution in [-0.4, -0.2) is 12.5 Å². The van der Waals surface area contributed by atoms with Crippen molar-refractivity contribution in [2.24, 2.45) is 0 Å². The van der Waals surface area contributed by atoms with Gasteiger partial charge in [-0.05, 0) is 52.7 Å². The van der Waals surface area contributed by atoms with Crippen molar-refractivity contribution in [2.75, 3.05) is 11.9 Å². The van der Waals surface area contributed by atoms with Gasteiger partial charge in [0, 0.05) is 9.50 Å². The smallest absolute Gasteiger partial charge is 0.259 e. The Morgan fingerprint density at radius 2 is 2.05 bits per heavy atom. The van der Waals surface area contributed by atoms with E-state index in [-0.39, 0.29) is 5.91 Å². The molecule has 3 nitrogen and oxygen atoms in total. The predicted octanol–water partition coefficient (Wildman–Crippen LogP) is 5.53. The largest absolute Gasteiger partial charge is 0.493 e. The number of unbranched alkanes of at least 4 members (excludes halogenated alkanes) is 1. The van der Waals surface area contributed by atoms with Gasteiger partial charge in [0.25, 0.3) is 5.91 Å². The second-order valence-electron chi connectivity index (χ2n) is 4.78. The van der Waals surface area contributed by atoms with Gasteiger partial charge in [-0.25, -0.2) is 0 Å². The van der Waals surface area contributed by atoms with Gasteiger partial charge in [0.1, 0.15) is 5.75 Å². The van der Waals surface area contributed by atoms with E-state index in [2.05, 4.69) is 28.2 Å². The van der Waals surface area contributed by atoms with Crippen molar-refractivity contribution in [1.29, 1.82) is 0 Å². The Balaban J connectivity index is 2.20. The van der Waals surface area contributed by atoms with E-state index >= 15 is 0 Å². The Morgan fingerprint density at radius 3 is 2.77 bits per heavy atom. The minimum atomic E-state index is -0.249. The summed E-state index contributed by atoms with van der Waals surface area (Å²) < 4.78 is 6.51. The van der Waals surface area contributed by atoms with Crippen molar-refractivity contribution in [3.8, 4) is 5.75 Å². The molecule has 0 spiro atoms. The van der Waals surface area contributed by atoms with Crippen LogP contribution >= 0.6 is 27.5 Å². The number of anilines is 1. The summed E-state index contributed by atoms with van der Waals surface area (Å²) in [5.74, 6) is 0.295. The number of amides is 1. The van der Waals surface area contributed by atoms with E-state index < -0.39 is 0 Å². The molecule has 2 rings (SSSR count). The summed E-state index contributed by atoms with van der Waals surface area (Å²) in [5, 5.41) is 3.36. The van der Waals surface area contributed by atoms with Gasteiger partial charge in [0.2, 0.25) is 0 Å². The number of ether oxygens (including phenoxy) is 1. The maximum absolute atomic E-state index is 12.5. The molecule has 2 aromatic rings. The molecular formula is C17H17BrClNO2. The molecule has 0 aliphatic carbocycles. The predicted molar refractivity (Wildman–Crippen MR) is 94.0 cm³/mol. The molecule has 116 valence electrons. The van der Waals surface area contributed by atoms with Gasteiger partial charge in [-0.3, -0.25) is 4.79 Å². The lowest BCUT2D eigenvalue weighted by Gasteiger charge is -2.12. The van der Waals surface area contributed by atoms with E-state index in [1.165, 1.54) is 0 Å². The number of halogens is 2. The summed E-state index contributed by atoms with van der Waals surface area (Å²) in [6, 6.07) is 12.5. The van der Waals surface area contributed by atoms with Crippen LogP contribution in [0.2, 0.25) is 5.02 Å². The number of hydrogen-bond acceptors (Lipinski definition) is 2. The molecule has 0 fully saturated rings. The van der Waals surface area contributed by atoms with E-state index in [0.717, 1.165) is 17.3 Å². The third-order valence-corrected chi connectivity index (χ3v) is 3.99. The first-order valence-electron chi connectivity index (χ1n) is 7.10. The lowest BCUT2D eigenvalue weighted by atomic mass is 10.1. The molecule has 0 saturated carbocycles. The minimum absolute atomic E-state index is 0.249. The van der Waals surface area contributed by atoms with Crippen LogP contribution in [0.15, 0.2) is 46.9 Å². The van der Waals surface area contributed by atoms with Gasteiger partial charge >= 0.3 is 0 Å². The van der Waals surface area contributed by atoms with E-state index in [1.807, 2.05) is 24.3 Å². The fourth-order valence-electron chi connectivity index (χ4n) is 1.88. The van der Waals surface area contributed by atoms with Gasteiger partial charge in [-0.1, -0.05) is 37.1 Å². The number of hydrogen-bond donors (Lipinski definition) is 1. The summed E-state index contributed by atoms with van der Waals surface area (Å²) in [7, 11) is 0. The van der Waals surface area contributed by atoms with Crippen molar-refractivity contribution >= 4 is 39.1 Å². The summed E-state index contributed by atoms with van der Waals surface area (Å²) in [6.45, 7) is 2.67. The first-order chi connectivity index (χ1) is 10.6. The maximum atomic E-state index is 12.5. The van der Waals surface area contributed by atoms with Gasteiger partial charge < -0.3 is 10.1 Å². The molecule has 2 aromatic carbocycles. The van der Waals surface area contributed by atoms with Crippen LogP contribution in [0.1, 0.15) is 30.1 Å². The monoisotopic (exact) mass is 381 g/mol. The topological polar surface area (TPSA) is 38.3 Å². The molecule has 0 unspecified atom stereocenters. The number of nitrogens with one attached hydrogen (secondary N) is 1. The second kappa shape index (κ2) is 8.20. The lowest BCUT2D eigenvalue weighted by molar-refractivity contribution is 0.102. The summed E-state index contributed by atoms with van der Waals surface area (Å²) in [4.78, 5) is 12.5. The van der Waals surface area contributed by atoms with Crippen molar-refractivity contribution in [3.05, 3.63) is 57.5 Å². The molecular weight excluding hydrogens is 366 g/mol. The first kappa shape index (κ1) is 16.8. The summed E-state index contributed by atoms with van der Waals surface area (Å²) >= 11 is 9.42. The Labute approximate surface area is 143 Å². The van der Waals surface area contributed by atoms with E-state index in [0.29, 0.717) is 28.6 Å². The molecule has 5 heteroatoms. The Kier molecular flexibility index (Phi) is 6.28. The highest BCUT2D eigenvalue weighted by Crippen LogP contribution is 2.26. The van der Waals surface area contributed by atoms with Crippen LogP contribution < -0.4 is 10.1 Å². The van der Waals surface area contributed by atoms with Crippen LogP contribution in [0.4, 0.5) is 5.69 Å². The highest BCUT2D eigenvalue weighted by Gasteiger charge is 2.14. The van der Waals surface area contributed by atoms with E-state index in [9.17, 15) is 4.79 Å². The maximum Gasteiger partial charge on any atom is 0.259 e. The van der Waals surface area contributed by atoms with Crippen LogP contribution in [-0.2, 0) is 0 Å². The molecule has 0 bridgehead atoms. The molecule has 1 amide bonds. The standard InChI is InChI=1S/C17H17BrClNO2/c1-2-3-10-22-16-9-8-12(19)11-13(16)17(21)20-15-7-5-4-6-14(15)18/h4-9,11H,2-3,10H2,1H3,(H,20,21). The highest BCUT2D eigenvalue weighted by atomic mass is 79.9. The average Bonchev–Trinajstić information content (AvgIpc) is 2.51. The van der Waals surface area contributed by atoms with Gasteiger partial charge in [-0.15, -0.1) is 0 Å². The Bertz CT molecular complexity index is 661. The van der Waals surface area contributed by atoms with Gasteiger partial charge in [0.15, 0.2) is 0 Å². The minimum Gasteiger partial charge on any atom is -0.493 e. The first-order valence-corrected chi connectivity index (χ1v) is 8.27. The molecule has 0 radical (unpaired) electrons. The van der Waals surface area contributed by atoms with Crippen molar-refractivity contribution in [3.63, 3.8) is 0 Å². The summed E-state index contributed by atoms with van der Waals surface area (Å²) in [6.07, 6.45) is 1.97. The highest BCUT2D eigenvalue weighted by molar-refractivity contribution is 9.10. The zero-order valence-corrected chi connectivity index (χ0v) is 14.6. The molecule has 1 N–H and O–H groups in total. The van der Waals surface area contributed by atoms with Crippen molar-refractivity contribution < 1.29 is 9.53 Å².